The summed E-state index contributed by atoms with van der Waals surface area (Å²) in [5, 5.41) is 0.0348. The second-order valence-corrected chi connectivity index (χ2v) is 6.69. The average molecular weight is 292 g/mol. The number of hydrogen-bond acceptors (Lipinski definition) is 5. The first-order valence-corrected chi connectivity index (χ1v) is 7.83. The number of anilines is 1. The van der Waals surface area contributed by atoms with E-state index in [0.29, 0.717) is 5.70 Å². The van der Waals surface area contributed by atoms with Gasteiger partial charge in [-0.25, -0.2) is 4.99 Å². The quantitative estimate of drug-likeness (QED) is 0.799. The average Bonchev–Trinajstić information content (AvgIpc) is 2.71. The van der Waals surface area contributed by atoms with E-state index in [1.165, 1.54) is 11.8 Å². The monoisotopic (exact) mass is 292 g/mol. The van der Waals surface area contributed by atoms with Crippen LogP contribution in [0, 0.1) is 0 Å². The number of hydrogen-bond donors (Lipinski definition) is 0. The summed E-state index contributed by atoms with van der Waals surface area (Å²) in [6, 6.07) is 8.07. The minimum absolute atomic E-state index is 0.0348. The summed E-state index contributed by atoms with van der Waals surface area (Å²) in [6.45, 7) is 2.06. The van der Waals surface area contributed by atoms with Crippen molar-refractivity contribution in [1.82, 2.24) is 0 Å². The van der Waals surface area contributed by atoms with Crippen molar-refractivity contribution in [2.45, 2.75) is 6.92 Å². The van der Waals surface area contributed by atoms with Gasteiger partial charge in [0.25, 0.3) is 0 Å². The van der Waals surface area contributed by atoms with Crippen LogP contribution in [-0.2, 0) is 4.79 Å². The molecule has 3 nitrogen and oxygen atoms in total. The molecule has 1 aromatic rings. The summed E-state index contributed by atoms with van der Waals surface area (Å²) >= 11 is 2.83. The standard InChI is InChI=1S/C14H16N2OS2/c1-4-18-14-15-12(13(17)19-14)9-10-5-7-11(8-6-10)16(2)3/h5-9H,4H2,1-3H3/b12-9-. The fraction of sp³-hybridized carbons (Fsp3) is 0.286. The van der Waals surface area contributed by atoms with Crippen LogP contribution in [0.1, 0.15) is 12.5 Å². The van der Waals surface area contributed by atoms with Crippen molar-refractivity contribution < 1.29 is 4.79 Å². The molecule has 1 aliphatic heterocycles. The molecule has 2 rings (SSSR count). The maximum absolute atomic E-state index is 11.8. The third-order valence-corrected chi connectivity index (χ3v) is 4.47. The van der Waals surface area contributed by atoms with Gasteiger partial charge >= 0.3 is 0 Å². The molecule has 0 unspecified atom stereocenters. The molecule has 0 saturated carbocycles. The number of carbonyl (C=O) groups excluding carboxylic acids is 1. The molecule has 0 atom stereocenters. The molecule has 0 saturated heterocycles. The second kappa shape index (κ2) is 6.30. The van der Waals surface area contributed by atoms with Crippen molar-refractivity contribution in [3.63, 3.8) is 0 Å². The van der Waals surface area contributed by atoms with E-state index >= 15 is 0 Å². The van der Waals surface area contributed by atoms with E-state index in [2.05, 4.69) is 11.9 Å². The first kappa shape index (κ1) is 14.2. The van der Waals surface area contributed by atoms with Crippen LogP contribution in [0.25, 0.3) is 6.08 Å². The molecule has 0 fully saturated rings. The molecular weight excluding hydrogens is 276 g/mol. The van der Waals surface area contributed by atoms with Crippen LogP contribution in [-0.4, -0.2) is 29.3 Å². The van der Waals surface area contributed by atoms with Gasteiger partial charge in [0.2, 0.25) is 5.12 Å². The topological polar surface area (TPSA) is 32.7 Å². The summed E-state index contributed by atoms with van der Waals surface area (Å²) in [5.74, 6) is 0.934. The number of carbonyl (C=O) groups is 1. The maximum Gasteiger partial charge on any atom is 0.244 e. The molecule has 19 heavy (non-hydrogen) atoms. The van der Waals surface area contributed by atoms with Crippen LogP contribution in [0.3, 0.4) is 0 Å². The van der Waals surface area contributed by atoms with Gasteiger partial charge in [-0.15, -0.1) is 0 Å². The molecule has 1 aromatic carbocycles. The Morgan fingerprint density at radius 3 is 2.58 bits per heavy atom. The molecule has 0 N–H and O–H groups in total. The van der Waals surface area contributed by atoms with Gasteiger partial charge < -0.3 is 4.90 Å². The second-order valence-electron chi connectivity index (χ2n) is 4.22. The molecular formula is C14H16N2OS2. The molecule has 0 aromatic heterocycles. The van der Waals surface area contributed by atoms with Gasteiger partial charge in [0.1, 0.15) is 10.1 Å². The summed E-state index contributed by atoms with van der Waals surface area (Å²) < 4.78 is 0.851. The number of nitrogens with zero attached hydrogens (tertiary/aromatic N) is 2. The fourth-order valence-corrected chi connectivity index (χ4v) is 3.34. The molecule has 1 aliphatic rings. The Morgan fingerprint density at radius 1 is 1.32 bits per heavy atom. The number of benzene rings is 1. The largest absolute Gasteiger partial charge is 0.378 e. The zero-order valence-electron chi connectivity index (χ0n) is 11.2. The first-order chi connectivity index (χ1) is 9.10. The zero-order valence-corrected chi connectivity index (χ0v) is 12.8. The number of aliphatic imine (C=N–C) groups is 1. The molecule has 0 aliphatic carbocycles. The predicted octanol–water partition coefficient (Wildman–Crippen LogP) is 3.48. The molecule has 0 bridgehead atoms. The third kappa shape index (κ3) is 3.64. The lowest BCUT2D eigenvalue weighted by Crippen LogP contribution is -2.07. The van der Waals surface area contributed by atoms with Crippen LogP contribution in [0.4, 0.5) is 5.69 Å². The van der Waals surface area contributed by atoms with E-state index in [-0.39, 0.29) is 5.12 Å². The summed E-state index contributed by atoms with van der Waals surface area (Å²) in [7, 11) is 4.01. The highest BCUT2D eigenvalue weighted by Crippen LogP contribution is 2.30. The Kier molecular flexibility index (Phi) is 4.71. The maximum atomic E-state index is 11.8. The molecule has 100 valence electrons. The van der Waals surface area contributed by atoms with Gasteiger partial charge in [0, 0.05) is 19.8 Å². The van der Waals surface area contributed by atoms with Crippen molar-refractivity contribution in [3.8, 4) is 0 Å². The SMILES string of the molecule is CCSC1=N/C(=C\c2ccc(N(C)C)cc2)C(=O)S1. The lowest BCUT2D eigenvalue weighted by molar-refractivity contribution is -0.107. The number of rotatable bonds is 3. The van der Waals surface area contributed by atoms with Crippen LogP contribution < -0.4 is 4.90 Å². The lowest BCUT2D eigenvalue weighted by atomic mass is 10.1. The Labute approximate surface area is 122 Å². The highest BCUT2D eigenvalue weighted by molar-refractivity contribution is 8.45. The van der Waals surface area contributed by atoms with Crippen molar-refractivity contribution in [1.29, 1.82) is 0 Å². The minimum atomic E-state index is 0.0348. The summed E-state index contributed by atoms with van der Waals surface area (Å²) in [5.41, 5.74) is 2.68. The van der Waals surface area contributed by atoms with Gasteiger partial charge in [0.15, 0.2) is 0 Å². The van der Waals surface area contributed by atoms with Gasteiger partial charge in [-0.3, -0.25) is 4.79 Å². The third-order valence-electron chi connectivity index (χ3n) is 2.58. The van der Waals surface area contributed by atoms with Crippen molar-refractivity contribution in [3.05, 3.63) is 35.5 Å². The Morgan fingerprint density at radius 2 is 2.00 bits per heavy atom. The van der Waals surface area contributed by atoms with E-state index in [4.69, 9.17) is 0 Å². The predicted molar refractivity (Wildman–Crippen MR) is 86.9 cm³/mol. The van der Waals surface area contributed by atoms with E-state index in [9.17, 15) is 4.79 Å². The van der Waals surface area contributed by atoms with E-state index in [1.54, 1.807) is 11.8 Å². The van der Waals surface area contributed by atoms with Gasteiger partial charge in [-0.2, -0.15) is 0 Å². The fourth-order valence-electron chi connectivity index (χ4n) is 1.60. The number of thioether (sulfide) groups is 2. The van der Waals surface area contributed by atoms with Gasteiger partial charge in [0.05, 0.1) is 0 Å². The first-order valence-electron chi connectivity index (χ1n) is 6.03. The van der Waals surface area contributed by atoms with Crippen LogP contribution in [0.2, 0.25) is 0 Å². The van der Waals surface area contributed by atoms with Crippen LogP contribution in [0.5, 0.6) is 0 Å². The normalized spacial score (nSPS) is 16.9. The van der Waals surface area contributed by atoms with Crippen molar-refractivity contribution >= 4 is 44.8 Å². The molecule has 0 spiro atoms. The Bertz CT molecular complexity index is 533. The Hall–Kier alpha value is -1.20. The molecule has 0 radical (unpaired) electrons. The molecule has 5 heteroatoms. The van der Waals surface area contributed by atoms with Crippen LogP contribution >= 0.6 is 23.5 Å². The van der Waals surface area contributed by atoms with E-state index in [0.717, 1.165) is 21.4 Å². The minimum Gasteiger partial charge on any atom is -0.378 e. The highest BCUT2D eigenvalue weighted by Gasteiger charge is 2.21. The Balaban J connectivity index is 2.19. The van der Waals surface area contributed by atoms with Gasteiger partial charge in [-0.05, 0) is 41.3 Å². The van der Waals surface area contributed by atoms with Crippen molar-refractivity contribution in [2.24, 2.45) is 4.99 Å². The van der Waals surface area contributed by atoms with E-state index in [1.807, 2.05) is 49.3 Å². The van der Waals surface area contributed by atoms with Crippen LogP contribution in [0.15, 0.2) is 35.0 Å². The molecule has 0 amide bonds. The summed E-state index contributed by atoms with van der Waals surface area (Å²) in [4.78, 5) is 18.2. The smallest absolute Gasteiger partial charge is 0.244 e. The lowest BCUT2D eigenvalue weighted by Gasteiger charge is -2.11. The van der Waals surface area contributed by atoms with E-state index < -0.39 is 0 Å². The highest BCUT2D eigenvalue weighted by atomic mass is 32.2. The zero-order chi connectivity index (χ0) is 13.8. The van der Waals surface area contributed by atoms with Crippen molar-refractivity contribution in [2.75, 3.05) is 24.7 Å². The summed E-state index contributed by atoms with van der Waals surface area (Å²) in [6.07, 6.45) is 1.85. The van der Waals surface area contributed by atoms with Gasteiger partial charge in [-0.1, -0.05) is 30.8 Å². The molecule has 1 heterocycles.